The molecule has 126 valence electrons. The minimum absolute atomic E-state index is 0.0104. The molecule has 0 radical (unpaired) electrons. The summed E-state index contributed by atoms with van der Waals surface area (Å²) in [6.45, 7) is 3.98. The van der Waals surface area contributed by atoms with Crippen molar-refractivity contribution < 1.29 is 9.59 Å². The van der Waals surface area contributed by atoms with E-state index in [9.17, 15) is 9.59 Å². The van der Waals surface area contributed by atoms with Crippen molar-refractivity contribution in [3.8, 4) is 0 Å². The Hall–Kier alpha value is -1.88. The molecule has 23 heavy (non-hydrogen) atoms. The van der Waals surface area contributed by atoms with Crippen LogP contribution in [0.4, 0.5) is 0 Å². The first-order chi connectivity index (χ1) is 10.9. The SMILES string of the molecule is CNC(=O)C1(C)CCCN(C(=O)c2ccc(CN(C)C)cc2)C1. The van der Waals surface area contributed by atoms with Gasteiger partial charge in [-0.3, -0.25) is 9.59 Å². The Labute approximate surface area is 138 Å². The zero-order valence-corrected chi connectivity index (χ0v) is 14.6. The zero-order valence-electron chi connectivity index (χ0n) is 14.6. The van der Waals surface area contributed by atoms with Crippen molar-refractivity contribution in [1.82, 2.24) is 15.1 Å². The van der Waals surface area contributed by atoms with Gasteiger partial charge in [-0.15, -0.1) is 0 Å². The van der Waals surface area contributed by atoms with Crippen molar-refractivity contribution in [2.75, 3.05) is 34.2 Å². The average molecular weight is 317 g/mol. The minimum atomic E-state index is -0.493. The molecule has 1 atom stereocenters. The highest BCUT2D eigenvalue weighted by atomic mass is 16.2. The van der Waals surface area contributed by atoms with Gasteiger partial charge in [0.15, 0.2) is 0 Å². The third-order valence-electron chi connectivity index (χ3n) is 4.46. The highest BCUT2D eigenvalue weighted by Gasteiger charge is 2.38. The number of hydrogen-bond donors (Lipinski definition) is 1. The number of nitrogens with one attached hydrogen (secondary N) is 1. The Morgan fingerprint density at radius 1 is 1.26 bits per heavy atom. The Morgan fingerprint density at radius 3 is 2.48 bits per heavy atom. The lowest BCUT2D eigenvalue weighted by atomic mass is 9.81. The van der Waals surface area contributed by atoms with Gasteiger partial charge in [-0.2, -0.15) is 0 Å². The summed E-state index contributed by atoms with van der Waals surface area (Å²) >= 11 is 0. The smallest absolute Gasteiger partial charge is 0.253 e. The number of carbonyl (C=O) groups is 2. The van der Waals surface area contributed by atoms with E-state index in [1.54, 1.807) is 11.9 Å². The molecule has 1 fully saturated rings. The molecule has 0 spiro atoms. The molecule has 1 aromatic rings. The first-order valence-electron chi connectivity index (χ1n) is 8.11. The molecule has 2 amide bonds. The van der Waals surface area contributed by atoms with E-state index < -0.39 is 5.41 Å². The molecule has 2 rings (SSSR count). The molecule has 0 bridgehead atoms. The van der Waals surface area contributed by atoms with E-state index in [1.807, 2.05) is 45.3 Å². The van der Waals surface area contributed by atoms with Gasteiger partial charge < -0.3 is 15.1 Å². The number of benzene rings is 1. The third-order valence-corrected chi connectivity index (χ3v) is 4.46. The van der Waals surface area contributed by atoms with Crippen LogP contribution >= 0.6 is 0 Å². The maximum Gasteiger partial charge on any atom is 0.253 e. The monoisotopic (exact) mass is 317 g/mol. The van der Waals surface area contributed by atoms with E-state index in [0.717, 1.165) is 19.4 Å². The van der Waals surface area contributed by atoms with Gasteiger partial charge in [0.25, 0.3) is 5.91 Å². The summed E-state index contributed by atoms with van der Waals surface area (Å²) < 4.78 is 0. The summed E-state index contributed by atoms with van der Waals surface area (Å²) in [4.78, 5) is 28.7. The van der Waals surface area contributed by atoms with Crippen LogP contribution in [-0.4, -0.2) is 55.8 Å². The lowest BCUT2D eigenvalue weighted by Crippen LogP contribution is -2.51. The van der Waals surface area contributed by atoms with Gasteiger partial charge in [-0.05, 0) is 51.6 Å². The second-order valence-corrected chi connectivity index (χ2v) is 6.90. The number of nitrogens with zero attached hydrogens (tertiary/aromatic N) is 2. The Morgan fingerprint density at radius 2 is 1.91 bits per heavy atom. The van der Waals surface area contributed by atoms with Crippen LogP contribution < -0.4 is 5.32 Å². The van der Waals surface area contributed by atoms with Crippen LogP contribution in [0, 0.1) is 5.41 Å². The van der Waals surface area contributed by atoms with E-state index in [2.05, 4.69) is 10.2 Å². The zero-order chi connectivity index (χ0) is 17.0. The number of amides is 2. The number of piperidine rings is 1. The lowest BCUT2D eigenvalue weighted by Gasteiger charge is -2.39. The summed E-state index contributed by atoms with van der Waals surface area (Å²) in [7, 11) is 5.69. The van der Waals surface area contributed by atoms with E-state index in [4.69, 9.17) is 0 Å². The molecule has 1 aromatic carbocycles. The topological polar surface area (TPSA) is 52.7 Å². The van der Waals surface area contributed by atoms with Crippen molar-refractivity contribution >= 4 is 11.8 Å². The van der Waals surface area contributed by atoms with Crippen molar-refractivity contribution in [3.63, 3.8) is 0 Å². The van der Waals surface area contributed by atoms with Crippen LogP contribution in [0.1, 0.15) is 35.7 Å². The van der Waals surface area contributed by atoms with Crippen molar-refractivity contribution in [2.45, 2.75) is 26.3 Å². The van der Waals surface area contributed by atoms with Gasteiger partial charge in [0.05, 0.1) is 5.41 Å². The summed E-state index contributed by atoms with van der Waals surface area (Å²) in [5, 5.41) is 2.72. The lowest BCUT2D eigenvalue weighted by molar-refractivity contribution is -0.132. The highest BCUT2D eigenvalue weighted by Crippen LogP contribution is 2.30. The molecule has 0 aromatic heterocycles. The molecular weight excluding hydrogens is 290 g/mol. The van der Waals surface area contributed by atoms with Crippen molar-refractivity contribution in [2.24, 2.45) is 5.41 Å². The van der Waals surface area contributed by atoms with Crippen molar-refractivity contribution in [1.29, 1.82) is 0 Å². The molecule has 5 heteroatoms. The van der Waals surface area contributed by atoms with E-state index in [0.29, 0.717) is 18.7 Å². The first-order valence-corrected chi connectivity index (χ1v) is 8.11. The molecule has 0 saturated carbocycles. The van der Waals surface area contributed by atoms with Crippen LogP contribution in [0.3, 0.4) is 0 Å². The maximum absolute atomic E-state index is 12.7. The van der Waals surface area contributed by atoms with Gasteiger partial charge in [-0.1, -0.05) is 12.1 Å². The van der Waals surface area contributed by atoms with Crippen LogP contribution in [0.5, 0.6) is 0 Å². The predicted octanol–water partition coefficient (Wildman–Crippen LogP) is 1.74. The fourth-order valence-electron chi connectivity index (χ4n) is 3.20. The van der Waals surface area contributed by atoms with E-state index >= 15 is 0 Å². The normalized spacial score (nSPS) is 21.3. The summed E-state index contributed by atoms with van der Waals surface area (Å²) in [6.07, 6.45) is 1.67. The van der Waals surface area contributed by atoms with E-state index in [-0.39, 0.29) is 11.8 Å². The van der Waals surface area contributed by atoms with E-state index in [1.165, 1.54) is 5.56 Å². The van der Waals surface area contributed by atoms with Gasteiger partial charge in [0, 0.05) is 32.2 Å². The molecule has 1 N–H and O–H groups in total. The molecule has 1 aliphatic rings. The predicted molar refractivity (Wildman–Crippen MR) is 91.1 cm³/mol. The Balaban J connectivity index is 2.09. The fourth-order valence-corrected chi connectivity index (χ4v) is 3.20. The average Bonchev–Trinajstić information content (AvgIpc) is 2.53. The van der Waals surface area contributed by atoms with Gasteiger partial charge in [-0.25, -0.2) is 0 Å². The fraction of sp³-hybridized carbons (Fsp3) is 0.556. The second-order valence-electron chi connectivity index (χ2n) is 6.90. The van der Waals surface area contributed by atoms with Crippen LogP contribution in [0.2, 0.25) is 0 Å². The number of carbonyl (C=O) groups excluding carboxylic acids is 2. The Bertz CT molecular complexity index is 568. The molecular formula is C18H27N3O2. The van der Waals surface area contributed by atoms with Gasteiger partial charge in [0.1, 0.15) is 0 Å². The number of rotatable bonds is 4. The quantitative estimate of drug-likeness (QED) is 0.920. The van der Waals surface area contributed by atoms with Crippen molar-refractivity contribution in [3.05, 3.63) is 35.4 Å². The number of likely N-dealkylation sites (tertiary alicyclic amines) is 1. The maximum atomic E-state index is 12.7. The summed E-state index contributed by atoms with van der Waals surface area (Å²) in [5.74, 6) is 0.0209. The molecule has 5 nitrogen and oxygen atoms in total. The van der Waals surface area contributed by atoms with Crippen LogP contribution in [0.25, 0.3) is 0 Å². The Kier molecular flexibility index (Phi) is 5.42. The van der Waals surface area contributed by atoms with Gasteiger partial charge in [0.2, 0.25) is 5.91 Å². The summed E-state index contributed by atoms with van der Waals surface area (Å²) in [6, 6.07) is 7.75. The van der Waals surface area contributed by atoms with Crippen LogP contribution in [-0.2, 0) is 11.3 Å². The molecule has 1 unspecified atom stereocenters. The molecule has 0 aliphatic carbocycles. The minimum Gasteiger partial charge on any atom is -0.359 e. The number of hydrogen-bond acceptors (Lipinski definition) is 3. The molecule has 1 heterocycles. The second kappa shape index (κ2) is 7.13. The van der Waals surface area contributed by atoms with Gasteiger partial charge >= 0.3 is 0 Å². The first kappa shape index (κ1) is 17.5. The summed E-state index contributed by atoms with van der Waals surface area (Å²) in [5.41, 5.74) is 1.38. The standard InChI is InChI=1S/C18H27N3O2/c1-18(17(23)19-2)10-5-11-21(13-18)16(22)15-8-6-14(7-9-15)12-20(3)4/h6-9H,5,10-13H2,1-4H3,(H,19,23). The molecule has 1 saturated heterocycles. The highest BCUT2D eigenvalue weighted by molar-refractivity contribution is 5.95. The molecule has 1 aliphatic heterocycles. The largest absolute Gasteiger partial charge is 0.359 e. The third kappa shape index (κ3) is 4.10. The van der Waals surface area contributed by atoms with Crippen LogP contribution in [0.15, 0.2) is 24.3 Å².